The van der Waals surface area contributed by atoms with Crippen LogP contribution >= 0.6 is 11.6 Å². The highest BCUT2D eigenvalue weighted by molar-refractivity contribution is 6.32. The highest BCUT2D eigenvalue weighted by atomic mass is 35.5. The van der Waals surface area contributed by atoms with Crippen LogP contribution in [0, 0.1) is 31.1 Å². The number of aryl methyl sites for hydroxylation is 1. The minimum absolute atomic E-state index is 0.126. The Morgan fingerprint density at radius 3 is 2.76 bits per heavy atom. The van der Waals surface area contributed by atoms with Crippen LogP contribution in [0.25, 0.3) is 6.08 Å². The molecule has 0 saturated heterocycles. The first-order valence-electron chi connectivity index (χ1n) is 9.09. The van der Waals surface area contributed by atoms with E-state index in [0.717, 1.165) is 23.5 Å². The van der Waals surface area contributed by atoms with E-state index in [1.54, 1.807) is 12.1 Å². The smallest absolute Gasteiger partial charge is 0.349 e. The fourth-order valence-electron chi connectivity index (χ4n) is 2.79. The van der Waals surface area contributed by atoms with E-state index in [0.29, 0.717) is 11.6 Å². The van der Waals surface area contributed by atoms with Gasteiger partial charge in [0.05, 0.1) is 5.69 Å². The van der Waals surface area contributed by atoms with E-state index in [1.165, 1.54) is 12.3 Å². The van der Waals surface area contributed by atoms with Crippen molar-refractivity contribution in [3.05, 3.63) is 52.1 Å². The van der Waals surface area contributed by atoms with Crippen molar-refractivity contribution in [2.45, 2.75) is 34.2 Å². The van der Waals surface area contributed by atoms with Crippen molar-refractivity contribution in [1.82, 2.24) is 9.55 Å². The highest BCUT2D eigenvalue weighted by Gasteiger charge is 2.16. The molecule has 0 bridgehead atoms. The molecule has 29 heavy (non-hydrogen) atoms. The lowest BCUT2D eigenvalue weighted by atomic mass is 10.1. The monoisotopic (exact) mass is 414 g/mol. The van der Waals surface area contributed by atoms with Gasteiger partial charge in [0.15, 0.2) is 11.8 Å². The third-order valence-corrected chi connectivity index (χ3v) is 4.47. The number of anilines is 1. The quantitative estimate of drug-likeness (QED) is 0.321. The Balaban J connectivity index is 2.06. The Morgan fingerprint density at radius 1 is 1.41 bits per heavy atom. The number of carbonyl (C=O) groups is 2. The third-order valence-electron chi connectivity index (χ3n) is 4.17. The van der Waals surface area contributed by atoms with Crippen molar-refractivity contribution in [1.29, 1.82) is 5.26 Å². The first-order valence-corrected chi connectivity index (χ1v) is 9.46. The van der Waals surface area contributed by atoms with Crippen LogP contribution in [0.3, 0.4) is 0 Å². The number of halogens is 1. The second-order valence-electron chi connectivity index (χ2n) is 6.97. The lowest BCUT2D eigenvalue weighted by Gasteiger charge is -2.12. The van der Waals surface area contributed by atoms with Gasteiger partial charge in [-0.25, -0.2) is 9.78 Å². The molecule has 1 amide bonds. The van der Waals surface area contributed by atoms with Crippen molar-refractivity contribution in [3.8, 4) is 6.07 Å². The summed E-state index contributed by atoms with van der Waals surface area (Å²) in [6.07, 6.45) is 2.97. The summed E-state index contributed by atoms with van der Waals surface area (Å²) >= 11 is 5.87. The van der Waals surface area contributed by atoms with E-state index in [1.807, 2.05) is 26.0 Å². The number of pyridine rings is 1. The van der Waals surface area contributed by atoms with Crippen LogP contribution in [0.4, 0.5) is 5.69 Å². The van der Waals surface area contributed by atoms with Gasteiger partial charge in [-0.3, -0.25) is 4.79 Å². The number of carbonyl (C=O) groups excluding carboxylic acids is 2. The topological polar surface area (TPSA) is 97.0 Å². The van der Waals surface area contributed by atoms with Crippen molar-refractivity contribution >= 4 is 35.2 Å². The molecule has 8 heteroatoms. The molecule has 0 spiro atoms. The minimum Gasteiger partial charge on any atom is -0.451 e. The summed E-state index contributed by atoms with van der Waals surface area (Å²) in [7, 11) is 0. The summed E-state index contributed by atoms with van der Waals surface area (Å²) < 4.78 is 7.11. The van der Waals surface area contributed by atoms with Crippen LogP contribution in [0.1, 0.15) is 30.8 Å². The van der Waals surface area contributed by atoms with Crippen molar-refractivity contribution in [2.75, 3.05) is 11.9 Å². The van der Waals surface area contributed by atoms with Gasteiger partial charge in [-0.15, -0.1) is 0 Å². The van der Waals surface area contributed by atoms with Gasteiger partial charge in [-0.1, -0.05) is 25.4 Å². The minimum atomic E-state index is -0.867. The molecule has 0 radical (unpaired) electrons. The second-order valence-corrected chi connectivity index (χ2v) is 7.32. The molecule has 0 aromatic carbocycles. The summed E-state index contributed by atoms with van der Waals surface area (Å²) in [6, 6.07) is 6.94. The molecule has 1 N–H and O–H groups in total. The molecule has 0 aliphatic heterocycles. The van der Waals surface area contributed by atoms with Gasteiger partial charge in [-0.05, 0) is 49.6 Å². The van der Waals surface area contributed by atoms with E-state index in [9.17, 15) is 14.9 Å². The van der Waals surface area contributed by atoms with Gasteiger partial charge in [0.1, 0.15) is 11.6 Å². The maximum Gasteiger partial charge on any atom is 0.349 e. The average molecular weight is 415 g/mol. The molecule has 0 aliphatic rings. The number of hydrogen-bond donors (Lipinski definition) is 1. The molecule has 0 fully saturated rings. The van der Waals surface area contributed by atoms with Crippen LogP contribution in [-0.2, 0) is 20.9 Å². The lowest BCUT2D eigenvalue weighted by molar-refractivity contribution is -0.142. The molecule has 152 valence electrons. The molecule has 0 saturated carbocycles. The summed E-state index contributed by atoms with van der Waals surface area (Å²) in [5.74, 6) is -0.988. The summed E-state index contributed by atoms with van der Waals surface area (Å²) in [5.41, 5.74) is 2.90. The maximum absolute atomic E-state index is 12.2. The number of amides is 1. The normalized spacial score (nSPS) is 11.3. The van der Waals surface area contributed by atoms with Crippen molar-refractivity contribution in [2.24, 2.45) is 5.92 Å². The summed E-state index contributed by atoms with van der Waals surface area (Å²) in [6.45, 7) is 8.45. The zero-order chi connectivity index (χ0) is 21.6. The van der Waals surface area contributed by atoms with E-state index < -0.39 is 18.5 Å². The largest absolute Gasteiger partial charge is 0.451 e. The first-order chi connectivity index (χ1) is 13.7. The molecule has 0 atom stereocenters. The van der Waals surface area contributed by atoms with Gasteiger partial charge in [0.25, 0.3) is 5.91 Å². The van der Waals surface area contributed by atoms with Crippen LogP contribution < -0.4 is 5.32 Å². The number of aromatic nitrogens is 2. The Morgan fingerprint density at radius 2 is 2.14 bits per heavy atom. The number of ether oxygens (including phenoxy) is 1. The van der Waals surface area contributed by atoms with Crippen LogP contribution in [0.15, 0.2) is 30.0 Å². The first kappa shape index (κ1) is 22.2. The van der Waals surface area contributed by atoms with Crippen molar-refractivity contribution < 1.29 is 14.3 Å². The van der Waals surface area contributed by atoms with Crippen LogP contribution in [0.5, 0.6) is 0 Å². The molecule has 7 nitrogen and oxygen atoms in total. The predicted molar refractivity (Wildman–Crippen MR) is 111 cm³/mol. The number of hydrogen-bond acceptors (Lipinski definition) is 5. The van der Waals surface area contributed by atoms with Crippen LogP contribution in [-0.4, -0.2) is 28.0 Å². The van der Waals surface area contributed by atoms with Gasteiger partial charge >= 0.3 is 5.97 Å². The number of nitrogens with zero attached hydrogens (tertiary/aromatic N) is 3. The van der Waals surface area contributed by atoms with Gasteiger partial charge in [0, 0.05) is 24.1 Å². The Hall–Kier alpha value is -3.11. The average Bonchev–Trinajstić information content (AvgIpc) is 2.93. The molecule has 2 aromatic heterocycles. The zero-order valence-corrected chi connectivity index (χ0v) is 17.6. The van der Waals surface area contributed by atoms with E-state index in [-0.39, 0.29) is 10.7 Å². The zero-order valence-electron chi connectivity index (χ0n) is 16.8. The summed E-state index contributed by atoms with van der Waals surface area (Å²) in [4.78, 5) is 28.0. The van der Waals surface area contributed by atoms with Gasteiger partial charge < -0.3 is 14.6 Å². The van der Waals surface area contributed by atoms with E-state index in [4.69, 9.17) is 16.3 Å². The predicted octanol–water partition coefficient (Wildman–Crippen LogP) is 3.90. The Kier molecular flexibility index (Phi) is 7.57. The van der Waals surface area contributed by atoms with E-state index >= 15 is 0 Å². The van der Waals surface area contributed by atoms with Crippen molar-refractivity contribution in [3.63, 3.8) is 0 Å². The van der Waals surface area contributed by atoms with E-state index in [2.05, 4.69) is 28.7 Å². The maximum atomic E-state index is 12.2. The molecule has 2 rings (SSSR count). The molecule has 0 unspecified atom stereocenters. The molecule has 0 aliphatic carbocycles. The number of nitrogens with one attached hydrogen (secondary N) is 1. The fraction of sp³-hybridized carbons (Fsp3) is 0.333. The standard InChI is InChI=1S/C21H23ClN4O3/c1-13(2)11-26-14(3)8-16(15(26)4)9-17(10-23)21(28)29-12-19(27)25-18-6-5-7-24-20(18)22/h5-9,13H,11-12H2,1-4H3,(H,25,27)/b17-9+. The lowest BCUT2D eigenvalue weighted by Crippen LogP contribution is -2.21. The fourth-order valence-corrected chi connectivity index (χ4v) is 2.95. The molecule has 2 aromatic rings. The SMILES string of the molecule is Cc1cc(/C=C(\C#N)C(=O)OCC(=O)Nc2cccnc2Cl)c(C)n1CC(C)C. The number of nitriles is 1. The van der Waals surface area contributed by atoms with Gasteiger partial charge in [-0.2, -0.15) is 5.26 Å². The molecule has 2 heterocycles. The third kappa shape index (κ3) is 5.93. The van der Waals surface area contributed by atoms with Crippen LogP contribution in [0.2, 0.25) is 5.15 Å². The molecular formula is C21H23ClN4O3. The number of esters is 1. The molecular weight excluding hydrogens is 392 g/mol. The number of rotatable bonds is 7. The Labute approximate surface area is 174 Å². The Bertz CT molecular complexity index is 986. The van der Waals surface area contributed by atoms with Gasteiger partial charge in [0.2, 0.25) is 0 Å². The second kappa shape index (κ2) is 9.89. The highest BCUT2D eigenvalue weighted by Crippen LogP contribution is 2.20. The summed E-state index contributed by atoms with van der Waals surface area (Å²) in [5, 5.41) is 12.0.